The molecule has 0 unspecified atom stereocenters. The van der Waals surface area contributed by atoms with E-state index in [1.807, 2.05) is 4.80 Å². The van der Waals surface area contributed by atoms with E-state index in [1.54, 1.807) is 18.6 Å². The molecule has 0 amide bonds. The third-order valence-corrected chi connectivity index (χ3v) is 5.67. The van der Waals surface area contributed by atoms with E-state index < -0.39 is 0 Å². The molecule has 0 saturated heterocycles. The molecule has 1 aliphatic carbocycles. The van der Waals surface area contributed by atoms with Gasteiger partial charge in [0.15, 0.2) is 0 Å². The number of halogens is 2. The van der Waals surface area contributed by atoms with Crippen molar-refractivity contribution in [2.75, 3.05) is 11.9 Å². The van der Waals surface area contributed by atoms with Crippen molar-refractivity contribution in [3.05, 3.63) is 33.6 Å². The van der Waals surface area contributed by atoms with Gasteiger partial charge in [0.2, 0.25) is 0 Å². The fourth-order valence-corrected chi connectivity index (χ4v) is 4.16. The van der Waals surface area contributed by atoms with E-state index in [0.29, 0.717) is 6.04 Å². The second kappa shape index (κ2) is 4.43. The third kappa shape index (κ3) is 1.71. The van der Waals surface area contributed by atoms with Crippen molar-refractivity contribution in [1.29, 1.82) is 0 Å². The SMILES string of the molecule is Clc1c(Br)cnc2c1[C@]1(CC[C@@H](n3nccn3)C1)CN2. The lowest BCUT2D eigenvalue weighted by molar-refractivity contribution is 0.383. The molecular formula is C13H13BrClN5. The third-order valence-electron chi connectivity index (χ3n) is 4.44. The molecule has 0 aromatic carbocycles. The van der Waals surface area contributed by atoms with E-state index >= 15 is 0 Å². The molecule has 2 atom stereocenters. The predicted octanol–water partition coefficient (Wildman–Crippen LogP) is 3.18. The number of hydrogen-bond donors (Lipinski definition) is 1. The van der Waals surface area contributed by atoms with Crippen molar-refractivity contribution in [2.45, 2.75) is 30.7 Å². The lowest BCUT2D eigenvalue weighted by atomic mass is 9.81. The van der Waals surface area contributed by atoms with Gasteiger partial charge >= 0.3 is 0 Å². The molecule has 2 aliphatic rings. The normalized spacial score (nSPS) is 27.8. The standard InChI is InChI=1S/C13H13BrClN5/c14-9-6-16-12-10(11(9)15)13(7-17-12)2-1-8(5-13)20-18-3-4-19-20/h3-4,6,8H,1-2,5,7H2,(H,16,17)/t8-,13+/m1/s1. The summed E-state index contributed by atoms with van der Waals surface area (Å²) in [7, 11) is 0. The molecule has 1 saturated carbocycles. The van der Waals surface area contributed by atoms with Gasteiger partial charge < -0.3 is 5.32 Å². The first-order valence-electron chi connectivity index (χ1n) is 6.64. The second-order valence-corrected chi connectivity index (χ2v) is 6.76. The Morgan fingerprint density at radius 3 is 3.00 bits per heavy atom. The molecule has 5 nitrogen and oxygen atoms in total. The minimum absolute atomic E-state index is 0.0570. The van der Waals surface area contributed by atoms with E-state index in [2.05, 4.69) is 36.4 Å². The summed E-state index contributed by atoms with van der Waals surface area (Å²) in [4.78, 5) is 6.27. The molecule has 0 radical (unpaired) electrons. The highest BCUT2D eigenvalue weighted by molar-refractivity contribution is 9.10. The van der Waals surface area contributed by atoms with Crippen molar-refractivity contribution in [1.82, 2.24) is 20.0 Å². The van der Waals surface area contributed by atoms with Crippen LogP contribution in [0.25, 0.3) is 0 Å². The summed E-state index contributed by atoms with van der Waals surface area (Å²) in [5.74, 6) is 0.923. The summed E-state index contributed by atoms with van der Waals surface area (Å²) >= 11 is 10.00. The van der Waals surface area contributed by atoms with Crippen LogP contribution >= 0.6 is 27.5 Å². The predicted molar refractivity (Wildman–Crippen MR) is 80.0 cm³/mol. The molecule has 3 heterocycles. The summed E-state index contributed by atoms with van der Waals surface area (Å²) in [5.41, 5.74) is 1.21. The van der Waals surface area contributed by atoms with E-state index in [4.69, 9.17) is 11.6 Å². The van der Waals surface area contributed by atoms with E-state index in [9.17, 15) is 0 Å². The van der Waals surface area contributed by atoms with Gasteiger partial charge in [-0.1, -0.05) is 11.6 Å². The summed E-state index contributed by atoms with van der Waals surface area (Å²) < 4.78 is 0.863. The fraction of sp³-hybridized carbons (Fsp3) is 0.462. The summed E-state index contributed by atoms with van der Waals surface area (Å²) in [6, 6.07) is 0.341. The summed E-state index contributed by atoms with van der Waals surface area (Å²) in [6.07, 6.45) is 8.37. The van der Waals surface area contributed by atoms with E-state index in [1.165, 1.54) is 0 Å². The Morgan fingerprint density at radius 1 is 1.40 bits per heavy atom. The number of fused-ring (bicyclic) bond motifs is 2. The zero-order valence-electron chi connectivity index (χ0n) is 10.7. The lowest BCUT2D eigenvalue weighted by Crippen LogP contribution is -2.26. The first-order chi connectivity index (χ1) is 9.70. The van der Waals surface area contributed by atoms with Crippen LogP contribution in [0.1, 0.15) is 30.9 Å². The maximum absolute atomic E-state index is 6.52. The number of aromatic nitrogens is 4. The van der Waals surface area contributed by atoms with Gasteiger partial charge in [0.25, 0.3) is 0 Å². The molecule has 1 aliphatic heterocycles. The minimum atomic E-state index is 0.0570. The van der Waals surface area contributed by atoms with Crippen molar-refractivity contribution >= 4 is 33.3 Å². The van der Waals surface area contributed by atoms with Crippen LogP contribution in [-0.2, 0) is 5.41 Å². The Bertz CT molecular complexity index is 659. The topological polar surface area (TPSA) is 55.6 Å². The van der Waals surface area contributed by atoms with Gasteiger partial charge in [-0.25, -0.2) is 4.98 Å². The van der Waals surface area contributed by atoms with Crippen molar-refractivity contribution < 1.29 is 0 Å². The van der Waals surface area contributed by atoms with Gasteiger partial charge in [0.1, 0.15) is 5.82 Å². The van der Waals surface area contributed by atoms with Gasteiger partial charge in [-0.3, -0.25) is 0 Å². The maximum atomic E-state index is 6.52. The van der Waals surface area contributed by atoms with Crippen molar-refractivity contribution in [3.63, 3.8) is 0 Å². The van der Waals surface area contributed by atoms with E-state index in [-0.39, 0.29) is 5.41 Å². The van der Waals surface area contributed by atoms with E-state index in [0.717, 1.165) is 46.7 Å². The number of nitrogens with zero attached hydrogens (tertiary/aromatic N) is 4. The molecule has 2 aromatic rings. The monoisotopic (exact) mass is 353 g/mol. The summed E-state index contributed by atoms with van der Waals surface area (Å²) in [6.45, 7) is 0.892. The molecule has 1 spiro atoms. The Labute approximate surface area is 129 Å². The first kappa shape index (κ1) is 12.6. The zero-order chi connectivity index (χ0) is 13.7. The largest absolute Gasteiger partial charge is 0.369 e. The average molecular weight is 355 g/mol. The number of pyridine rings is 1. The number of rotatable bonds is 1. The Hall–Kier alpha value is -1.14. The summed E-state index contributed by atoms with van der Waals surface area (Å²) in [5, 5.41) is 12.7. The molecule has 2 aromatic heterocycles. The number of nitrogens with one attached hydrogen (secondary N) is 1. The van der Waals surface area contributed by atoms with Crippen molar-refractivity contribution in [2.24, 2.45) is 0 Å². The molecule has 4 rings (SSSR count). The van der Waals surface area contributed by atoms with Gasteiger partial charge in [0, 0.05) is 23.7 Å². The molecule has 20 heavy (non-hydrogen) atoms. The zero-order valence-corrected chi connectivity index (χ0v) is 13.0. The van der Waals surface area contributed by atoms with Crippen LogP contribution in [0.15, 0.2) is 23.1 Å². The van der Waals surface area contributed by atoms with Gasteiger partial charge in [-0.2, -0.15) is 15.0 Å². The smallest absolute Gasteiger partial charge is 0.131 e. The number of anilines is 1. The van der Waals surface area contributed by atoms with Crippen LogP contribution in [0.3, 0.4) is 0 Å². The van der Waals surface area contributed by atoms with Crippen LogP contribution in [0.5, 0.6) is 0 Å². The highest BCUT2D eigenvalue weighted by Crippen LogP contribution is 2.53. The highest BCUT2D eigenvalue weighted by Gasteiger charge is 2.48. The Morgan fingerprint density at radius 2 is 2.20 bits per heavy atom. The average Bonchev–Trinajstić information content (AvgIpc) is 3.15. The minimum Gasteiger partial charge on any atom is -0.369 e. The quantitative estimate of drug-likeness (QED) is 0.854. The van der Waals surface area contributed by atoms with Crippen molar-refractivity contribution in [3.8, 4) is 0 Å². The second-order valence-electron chi connectivity index (χ2n) is 5.52. The van der Waals surface area contributed by atoms with Gasteiger partial charge in [-0.15, -0.1) is 0 Å². The fourth-order valence-electron chi connectivity index (χ4n) is 3.52. The lowest BCUT2D eigenvalue weighted by Gasteiger charge is -2.24. The van der Waals surface area contributed by atoms with Crippen LogP contribution in [0.4, 0.5) is 5.82 Å². The maximum Gasteiger partial charge on any atom is 0.131 e. The van der Waals surface area contributed by atoms with Crippen LogP contribution in [0, 0.1) is 0 Å². The molecule has 7 heteroatoms. The van der Waals surface area contributed by atoms with Gasteiger partial charge in [-0.05, 0) is 35.2 Å². The molecule has 0 bridgehead atoms. The molecule has 104 valence electrons. The highest BCUT2D eigenvalue weighted by atomic mass is 79.9. The van der Waals surface area contributed by atoms with Crippen LogP contribution < -0.4 is 5.32 Å². The molecule has 1 N–H and O–H groups in total. The Kier molecular flexibility index (Phi) is 2.79. The van der Waals surface area contributed by atoms with Crippen LogP contribution in [-0.4, -0.2) is 26.5 Å². The first-order valence-corrected chi connectivity index (χ1v) is 7.81. The Balaban J connectivity index is 1.74. The van der Waals surface area contributed by atoms with Crippen LogP contribution in [0.2, 0.25) is 5.02 Å². The molecule has 1 fully saturated rings. The van der Waals surface area contributed by atoms with Gasteiger partial charge in [0.05, 0.1) is 27.9 Å². The number of hydrogen-bond acceptors (Lipinski definition) is 4. The molecular weight excluding hydrogens is 342 g/mol.